The maximum atomic E-state index is 6.08. The first-order valence-electron chi connectivity index (χ1n) is 7.42. The highest BCUT2D eigenvalue weighted by molar-refractivity contribution is 7.98. The highest BCUT2D eigenvalue weighted by Gasteiger charge is 2.18. The fraction of sp³-hybridized carbons (Fsp3) is 0.125. The smallest absolute Gasteiger partial charge is 0.200 e. The van der Waals surface area contributed by atoms with Crippen molar-refractivity contribution in [1.29, 1.82) is 0 Å². The highest BCUT2D eigenvalue weighted by Crippen LogP contribution is 2.29. The van der Waals surface area contributed by atoms with E-state index in [2.05, 4.69) is 31.9 Å². The zero-order valence-electron chi connectivity index (χ0n) is 12.9. The predicted molar refractivity (Wildman–Crippen MR) is 97.7 cm³/mol. The zero-order valence-corrected chi connectivity index (χ0v) is 15.3. The lowest BCUT2D eigenvalue weighted by atomic mass is 10.2. The SMILES string of the molecule is Clc1snnc1CSc1nnc(-c2ccco2)n1Cc1ccccc1. The van der Waals surface area contributed by atoms with E-state index in [-0.39, 0.29) is 0 Å². The van der Waals surface area contributed by atoms with Gasteiger partial charge in [-0.2, -0.15) is 0 Å². The van der Waals surface area contributed by atoms with Crippen molar-refractivity contribution in [1.82, 2.24) is 24.4 Å². The number of hydrogen-bond acceptors (Lipinski definition) is 7. The molecule has 4 rings (SSSR count). The maximum Gasteiger partial charge on any atom is 0.200 e. The summed E-state index contributed by atoms with van der Waals surface area (Å²) in [4.78, 5) is 0. The molecule has 3 aromatic heterocycles. The first kappa shape index (κ1) is 16.3. The summed E-state index contributed by atoms with van der Waals surface area (Å²) in [6, 6.07) is 13.9. The second kappa shape index (κ2) is 7.38. The van der Waals surface area contributed by atoms with E-state index in [0.717, 1.165) is 16.4 Å². The van der Waals surface area contributed by atoms with Crippen LogP contribution in [0.15, 0.2) is 58.3 Å². The predicted octanol–water partition coefficient (Wildman–Crippen LogP) is 4.38. The van der Waals surface area contributed by atoms with E-state index >= 15 is 0 Å². The van der Waals surface area contributed by atoms with E-state index < -0.39 is 0 Å². The van der Waals surface area contributed by atoms with Gasteiger partial charge in [0.25, 0.3) is 0 Å². The van der Waals surface area contributed by atoms with Gasteiger partial charge in [0.2, 0.25) is 5.82 Å². The van der Waals surface area contributed by atoms with Crippen molar-refractivity contribution in [2.75, 3.05) is 0 Å². The third-order valence-electron chi connectivity index (χ3n) is 3.49. The van der Waals surface area contributed by atoms with Crippen LogP contribution in [0.5, 0.6) is 0 Å². The Morgan fingerprint density at radius 3 is 2.68 bits per heavy atom. The Balaban J connectivity index is 1.65. The van der Waals surface area contributed by atoms with Gasteiger partial charge in [0.05, 0.1) is 12.8 Å². The standard InChI is InChI=1S/C16H12ClN5OS2/c17-14-12(18-21-25-14)10-24-16-20-19-15(13-7-4-8-23-13)22(16)9-11-5-2-1-3-6-11/h1-8H,9-10H2. The van der Waals surface area contributed by atoms with Crippen LogP contribution >= 0.6 is 34.9 Å². The molecule has 0 unspecified atom stereocenters. The van der Waals surface area contributed by atoms with Crippen molar-refractivity contribution in [2.24, 2.45) is 0 Å². The second-order valence-corrected chi connectivity index (χ2v) is 7.44. The number of thioether (sulfide) groups is 1. The van der Waals surface area contributed by atoms with Gasteiger partial charge in [0.1, 0.15) is 10.0 Å². The minimum atomic E-state index is 0.584. The largest absolute Gasteiger partial charge is 0.461 e. The van der Waals surface area contributed by atoms with Crippen molar-refractivity contribution in [3.8, 4) is 11.6 Å². The number of halogens is 1. The van der Waals surface area contributed by atoms with E-state index in [4.69, 9.17) is 16.0 Å². The molecule has 0 saturated carbocycles. The third-order valence-corrected chi connectivity index (χ3v) is 5.45. The quantitative estimate of drug-likeness (QED) is 0.456. The van der Waals surface area contributed by atoms with Crippen LogP contribution in [0.4, 0.5) is 0 Å². The van der Waals surface area contributed by atoms with Crippen LogP contribution < -0.4 is 0 Å². The monoisotopic (exact) mass is 389 g/mol. The lowest BCUT2D eigenvalue weighted by Crippen LogP contribution is -2.04. The second-order valence-electron chi connectivity index (χ2n) is 5.14. The van der Waals surface area contributed by atoms with Gasteiger partial charge in [-0.05, 0) is 17.7 Å². The zero-order chi connectivity index (χ0) is 17.1. The molecule has 0 aliphatic heterocycles. The first-order valence-corrected chi connectivity index (χ1v) is 9.55. The third kappa shape index (κ3) is 3.60. The van der Waals surface area contributed by atoms with Crippen LogP contribution in [0.3, 0.4) is 0 Å². The summed E-state index contributed by atoms with van der Waals surface area (Å²) in [6.45, 7) is 0.648. The van der Waals surface area contributed by atoms with Gasteiger partial charge in [-0.15, -0.1) is 15.3 Å². The van der Waals surface area contributed by atoms with E-state index in [9.17, 15) is 0 Å². The molecule has 0 fully saturated rings. The van der Waals surface area contributed by atoms with Crippen LogP contribution in [-0.2, 0) is 12.3 Å². The molecule has 0 N–H and O–H groups in total. The van der Waals surface area contributed by atoms with Crippen molar-refractivity contribution in [3.63, 3.8) is 0 Å². The molecule has 0 aliphatic carbocycles. The minimum absolute atomic E-state index is 0.584. The fourth-order valence-corrected chi connectivity index (χ4v) is 3.98. The summed E-state index contributed by atoms with van der Waals surface area (Å²) in [5.74, 6) is 1.96. The molecular formula is C16H12ClN5OS2. The average molecular weight is 390 g/mol. The molecule has 0 spiro atoms. The Morgan fingerprint density at radius 2 is 1.96 bits per heavy atom. The Labute approximate surface area is 157 Å². The van der Waals surface area contributed by atoms with E-state index in [1.165, 1.54) is 23.3 Å². The first-order chi connectivity index (χ1) is 12.3. The fourth-order valence-electron chi connectivity index (χ4n) is 2.31. The van der Waals surface area contributed by atoms with Gasteiger partial charge in [-0.1, -0.05) is 58.2 Å². The van der Waals surface area contributed by atoms with Crippen molar-refractivity contribution < 1.29 is 4.42 Å². The van der Waals surface area contributed by atoms with Gasteiger partial charge >= 0.3 is 0 Å². The van der Waals surface area contributed by atoms with Gasteiger partial charge in [-0.3, -0.25) is 4.57 Å². The molecule has 0 radical (unpaired) electrons. The number of hydrogen-bond donors (Lipinski definition) is 0. The van der Waals surface area contributed by atoms with Crippen LogP contribution in [0.25, 0.3) is 11.6 Å². The summed E-state index contributed by atoms with van der Waals surface area (Å²) >= 11 is 8.79. The molecule has 0 atom stereocenters. The number of nitrogens with zero attached hydrogens (tertiary/aromatic N) is 5. The van der Waals surface area contributed by atoms with Crippen molar-refractivity contribution >= 4 is 34.9 Å². The summed E-state index contributed by atoms with van der Waals surface area (Å²) in [6.07, 6.45) is 1.63. The van der Waals surface area contributed by atoms with Crippen LogP contribution in [0.2, 0.25) is 4.34 Å². The average Bonchev–Trinajstić information content (AvgIpc) is 3.36. The molecule has 9 heteroatoms. The summed E-state index contributed by atoms with van der Waals surface area (Å²) in [5, 5.41) is 13.5. The molecular weight excluding hydrogens is 378 g/mol. The Kier molecular flexibility index (Phi) is 4.82. The number of aromatic nitrogens is 5. The van der Waals surface area contributed by atoms with Gasteiger partial charge in [0, 0.05) is 17.3 Å². The van der Waals surface area contributed by atoms with Crippen LogP contribution in [-0.4, -0.2) is 24.4 Å². The van der Waals surface area contributed by atoms with Crippen molar-refractivity contribution in [2.45, 2.75) is 17.5 Å². The number of rotatable bonds is 6. The Hall–Kier alpha value is -2.16. The van der Waals surface area contributed by atoms with E-state index in [1.807, 2.05) is 34.9 Å². The van der Waals surface area contributed by atoms with Gasteiger partial charge in [-0.25, -0.2) is 0 Å². The number of furan rings is 1. The molecule has 126 valence electrons. The number of benzene rings is 1. The van der Waals surface area contributed by atoms with Crippen LogP contribution in [0, 0.1) is 0 Å². The lowest BCUT2D eigenvalue weighted by Gasteiger charge is -2.09. The summed E-state index contributed by atoms with van der Waals surface area (Å²) in [5.41, 5.74) is 1.91. The lowest BCUT2D eigenvalue weighted by molar-refractivity contribution is 0.569. The molecule has 0 saturated heterocycles. The normalized spacial score (nSPS) is 11.1. The van der Waals surface area contributed by atoms with E-state index in [0.29, 0.717) is 28.2 Å². The maximum absolute atomic E-state index is 6.08. The topological polar surface area (TPSA) is 69.6 Å². The minimum Gasteiger partial charge on any atom is -0.461 e. The molecule has 4 aromatic rings. The highest BCUT2D eigenvalue weighted by atomic mass is 35.5. The molecule has 6 nitrogen and oxygen atoms in total. The molecule has 1 aromatic carbocycles. The molecule has 0 bridgehead atoms. The summed E-state index contributed by atoms with van der Waals surface area (Å²) in [7, 11) is 0. The van der Waals surface area contributed by atoms with Gasteiger partial charge < -0.3 is 4.42 Å². The van der Waals surface area contributed by atoms with E-state index in [1.54, 1.807) is 6.26 Å². The summed E-state index contributed by atoms with van der Waals surface area (Å²) < 4.78 is 12.0. The van der Waals surface area contributed by atoms with Gasteiger partial charge in [0.15, 0.2) is 10.9 Å². The molecule has 0 amide bonds. The van der Waals surface area contributed by atoms with Crippen LogP contribution in [0.1, 0.15) is 11.3 Å². The van der Waals surface area contributed by atoms with Crippen molar-refractivity contribution in [3.05, 3.63) is 64.3 Å². The Bertz CT molecular complexity index is 952. The Morgan fingerprint density at radius 1 is 1.08 bits per heavy atom. The molecule has 3 heterocycles. The molecule has 25 heavy (non-hydrogen) atoms. The molecule has 0 aliphatic rings.